The Morgan fingerprint density at radius 3 is 1.39 bits per heavy atom. The molecule has 0 radical (unpaired) electrons. The van der Waals surface area contributed by atoms with Gasteiger partial charge in [-0.15, -0.1) is 0 Å². The van der Waals surface area contributed by atoms with E-state index in [0.717, 1.165) is 28.3 Å². The first-order valence-corrected chi connectivity index (χ1v) is 23.5. The van der Waals surface area contributed by atoms with Crippen LogP contribution >= 0.6 is 23.2 Å². The number of carbonyl (C=O) groups excluding carboxylic acids is 1. The molecule has 10 aromatic rings. The minimum absolute atomic E-state index is 0.257. The maximum Gasteiger partial charge on any atom is 0.328 e. The van der Waals surface area contributed by atoms with Crippen molar-refractivity contribution in [3.63, 3.8) is 0 Å². The molecule has 0 aliphatic heterocycles. The number of carboxylic acids is 1. The quantitative estimate of drug-likeness (QED) is 0.0342. The molecule has 0 saturated carbocycles. The Hall–Kier alpha value is -9.95. The summed E-state index contributed by atoms with van der Waals surface area (Å²) in [6, 6.07) is 29.7. The summed E-state index contributed by atoms with van der Waals surface area (Å²) in [5.41, 5.74) is 8.67. The molecule has 0 spiro atoms. The monoisotopic (exact) mass is 1140 g/mol. The van der Waals surface area contributed by atoms with Crippen molar-refractivity contribution in [3.05, 3.63) is 252 Å². The van der Waals surface area contributed by atoms with E-state index in [-0.39, 0.29) is 50.5 Å². The molecule has 0 aliphatic rings. The summed E-state index contributed by atoms with van der Waals surface area (Å²) in [6.45, 7) is 0. The van der Waals surface area contributed by atoms with Gasteiger partial charge >= 0.3 is 5.97 Å². The highest BCUT2D eigenvalue weighted by Gasteiger charge is 2.09. The lowest BCUT2D eigenvalue weighted by Gasteiger charge is -2.05. The molecule has 0 saturated heterocycles. The molecule has 0 fully saturated rings. The summed E-state index contributed by atoms with van der Waals surface area (Å²) in [4.78, 5) is 58.3. The van der Waals surface area contributed by atoms with Gasteiger partial charge in [0.05, 0.1) is 39.1 Å². The van der Waals surface area contributed by atoms with Crippen LogP contribution in [0.4, 0.5) is 26.3 Å². The maximum absolute atomic E-state index is 12.9. The van der Waals surface area contributed by atoms with Gasteiger partial charge in [0, 0.05) is 55.7 Å². The molecule has 3 N–H and O–H groups in total. The number of hydrogen-bond donors (Lipinski definition) is 3. The summed E-state index contributed by atoms with van der Waals surface area (Å²) in [7, 11) is 4.57. The molecule has 0 bridgehead atoms. The van der Waals surface area contributed by atoms with Crippen molar-refractivity contribution >= 4 is 90.3 Å². The minimum atomic E-state index is -1.01. The summed E-state index contributed by atoms with van der Waals surface area (Å²) in [6.07, 6.45) is 11.0. The van der Waals surface area contributed by atoms with Crippen LogP contribution in [0.15, 0.2) is 179 Å². The average molecular weight is 1140 g/mol. The van der Waals surface area contributed by atoms with E-state index in [1.54, 1.807) is 30.5 Å². The van der Waals surface area contributed by atoms with Gasteiger partial charge in [0.15, 0.2) is 0 Å². The van der Waals surface area contributed by atoms with Gasteiger partial charge in [-0.05, 0) is 136 Å². The highest BCUT2D eigenvalue weighted by atomic mass is 35.5. The number of aromatic amines is 2. The standard InChI is InChI=1S/2C10H7ClFNO.C10H8FNO2.C9H6FN3O.C9H6FNO.C9H7FO2/c2*1-14-9-5-13-10(11)8-4-6(12)2-3-7(8)9;1-14-9-5-12-10(13)8-4-6(11)2-3-7(8)9;10-8-4-1-7(2-5-8)3-6-9(14)12-13-11;10-7-2-1-6-3-4-11-9(12)8(6)5-7;10-8-4-1-7(2-5-8)3-6-9(11)12/h2*2-5H,1H3;2-5H,1H3,(H,12,13);1-6H;1-5H,(H,11,12);1-6H,(H,11,12)/b;;;6-3+;;6-3+. The van der Waals surface area contributed by atoms with Crippen LogP contribution in [-0.2, 0) is 9.59 Å². The van der Waals surface area contributed by atoms with Crippen LogP contribution < -0.4 is 25.3 Å². The third kappa shape index (κ3) is 18.1. The highest BCUT2D eigenvalue weighted by molar-refractivity contribution is 6.34. The lowest BCUT2D eigenvalue weighted by Crippen LogP contribution is -2.06. The summed E-state index contributed by atoms with van der Waals surface area (Å²) in [5.74, 6) is -2.17. The van der Waals surface area contributed by atoms with E-state index < -0.39 is 17.7 Å². The number of H-pyrrole nitrogens is 2. The molecule has 1 amide bonds. The number of amides is 1. The lowest BCUT2D eigenvalue weighted by atomic mass is 10.1. The maximum atomic E-state index is 12.9. The summed E-state index contributed by atoms with van der Waals surface area (Å²) in [5, 5.41) is 16.3. The third-order valence-corrected chi connectivity index (χ3v) is 11.1. The Labute approximate surface area is 459 Å². The van der Waals surface area contributed by atoms with Crippen molar-refractivity contribution in [2.45, 2.75) is 0 Å². The van der Waals surface area contributed by atoms with E-state index in [4.69, 9.17) is 48.1 Å². The highest BCUT2D eigenvalue weighted by Crippen LogP contribution is 2.31. The number of azide groups is 1. The van der Waals surface area contributed by atoms with Crippen molar-refractivity contribution in [3.8, 4) is 17.2 Å². The first-order chi connectivity index (χ1) is 38.3. The van der Waals surface area contributed by atoms with Crippen LogP contribution in [0.25, 0.3) is 65.7 Å². The number of aromatic nitrogens is 4. The fraction of sp³-hybridized carbons (Fsp3) is 0.0526. The zero-order valence-electron chi connectivity index (χ0n) is 41.8. The van der Waals surface area contributed by atoms with Gasteiger partial charge in [-0.2, -0.15) is 0 Å². The number of carboxylic acid groups (broad SMARTS) is 1. The molecule has 4 aromatic heterocycles. The molecule has 23 heteroatoms. The first kappa shape index (κ1) is 60.9. The number of nitrogens with zero attached hydrogens (tertiary/aromatic N) is 5. The number of hydrogen-bond acceptors (Lipinski definition) is 9. The number of fused-ring (bicyclic) bond motifs is 4. The number of rotatable bonds is 7. The number of benzene rings is 6. The van der Waals surface area contributed by atoms with E-state index in [1.165, 1.54) is 155 Å². The van der Waals surface area contributed by atoms with Crippen molar-refractivity contribution in [2.75, 3.05) is 21.3 Å². The number of methoxy groups -OCH3 is 3. The van der Waals surface area contributed by atoms with Gasteiger partial charge in [0.25, 0.3) is 11.1 Å². The predicted molar refractivity (Wildman–Crippen MR) is 295 cm³/mol. The van der Waals surface area contributed by atoms with Gasteiger partial charge < -0.3 is 29.3 Å². The summed E-state index contributed by atoms with van der Waals surface area (Å²) >= 11 is 11.6. The second-order valence-electron chi connectivity index (χ2n) is 15.7. The number of pyridine rings is 4. The molecule has 4 heterocycles. The third-order valence-electron chi connectivity index (χ3n) is 10.5. The number of carbonyl (C=O) groups is 2. The minimum Gasteiger partial charge on any atom is -0.495 e. The van der Waals surface area contributed by atoms with Gasteiger partial charge in [-0.1, -0.05) is 59.6 Å². The van der Waals surface area contributed by atoms with Crippen LogP contribution in [0.3, 0.4) is 0 Å². The topological polar surface area (TPSA) is 222 Å². The van der Waals surface area contributed by atoms with E-state index >= 15 is 0 Å². The molecular formula is C57H41Cl2F6N7O8. The SMILES string of the molecule is COc1c[nH]c(=O)c2cc(F)ccc12.COc1cnc(Cl)c2cc(F)ccc12.COc1cnc(Cl)c2cc(F)ccc12.O=C(O)/C=C/c1ccc(F)cc1.O=c1[nH]ccc2ccc(F)cc12.[N-]=[N+]=NC(=O)/C=C/c1ccc(F)cc1. The number of halogens is 8. The van der Waals surface area contributed by atoms with Crippen molar-refractivity contribution in [1.82, 2.24) is 19.9 Å². The average Bonchev–Trinajstić information content (AvgIpc) is 3.45. The molecular weight excluding hydrogens is 1100 g/mol. The van der Waals surface area contributed by atoms with Crippen LogP contribution in [-0.4, -0.2) is 58.2 Å². The smallest absolute Gasteiger partial charge is 0.328 e. The summed E-state index contributed by atoms with van der Waals surface area (Å²) < 4.78 is 91.4. The van der Waals surface area contributed by atoms with Gasteiger partial charge in [0.1, 0.15) is 62.5 Å². The van der Waals surface area contributed by atoms with Crippen LogP contribution in [0.2, 0.25) is 10.3 Å². The van der Waals surface area contributed by atoms with Crippen molar-refractivity contribution in [2.24, 2.45) is 5.11 Å². The van der Waals surface area contributed by atoms with Gasteiger partial charge in [0.2, 0.25) is 5.91 Å². The zero-order valence-corrected chi connectivity index (χ0v) is 43.3. The van der Waals surface area contributed by atoms with E-state index in [2.05, 4.69) is 30.0 Å². The molecule has 15 nitrogen and oxygen atoms in total. The molecule has 80 heavy (non-hydrogen) atoms. The van der Waals surface area contributed by atoms with Gasteiger partial charge in [-0.25, -0.2) is 41.1 Å². The Bertz CT molecular complexity index is 3940. The first-order valence-electron chi connectivity index (χ1n) is 22.7. The van der Waals surface area contributed by atoms with Crippen LogP contribution in [0.5, 0.6) is 17.2 Å². The fourth-order valence-corrected chi connectivity index (χ4v) is 7.14. The Morgan fingerprint density at radius 2 is 0.938 bits per heavy atom. The Kier molecular flexibility index (Phi) is 22.9. The molecule has 0 atom stereocenters. The molecule has 10 rings (SSSR count). The largest absolute Gasteiger partial charge is 0.495 e. The van der Waals surface area contributed by atoms with Crippen molar-refractivity contribution < 1.29 is 55.2 Å². The fourth-order valence-electron chi connectivity index (χ4n) is 6.73. The van der Waals surface area contributed by atoms with E-state index in [1.807, 2.05) is 0 Å². The number of ether oxygens (including phenoxy) is 3. The Morgan fingerprint density at radius 1 is 0.537 bits per heavy atom. The number of aliphatic carboxylic acids is 1. The van der Waals surface area contributed by atoms with E-state index in [9.17, 15) is 45.5 Å². The zero-order chi connectivity index (χ0) is 58.3. The van der Waals surface area contributed by atoms with E-state index in [0.29, 0.717) is 55.3 Å². The second-order valence-corrected chi connectivity index (χ2v) is 16.4. The van der Waals surface area contributed by atoms with Crippen LogP contribution in [0.1, 0.15) is 11.1 Å². The number of nitrogens with one attached hydrogen (secondary N) is 2. The van der Waals surface area contributed by atoms with Crippen molar-refractivity contribution in [1.29, 1.82) is 0 Å². The molecule has 6 aromatic carbocycles. The second kappa shape index (κ2) is 30.1. The molecule has 408 valence electrons. The Balaban J connectivity index is 0.000000177. The normalized spacial score (nSPS) is 10.3. The van der Waals surface area contributed by atoms with Gasteiger partial charge in [-0.3, -0.25) is 14.4 Å². The molecule has 0 unspecified atom stereocenters. The predicted octanol–water partition coefficient (Wildman–Crippen LogP) is 14.0. The van der Waals surface area contributed by atoms with Crippen LogP contribution in [0, 0.1) is 34.9 Å². The lowest BCUT2D eigenvalue weighted by molar-refractivity contribution is -0.131. The molecule has 0 aliphatic carbocycles.